The van der Waals surface area contributed by atoms with E-state index >= 15 is 0 Å². The van der Waals surface area contributed by atoms with Crippen molar-refractivity contribution >= 4 is 22.0 Å². The van der Waals surface area contributed by atoms with Gasteiger partial charge in [0.15, 0.2) is 0 Å². The lowest BCUT2D eigenvalue weighted by Crippen LogP contribution is -2.25. The van der Waals surface area contributed by atoms with Crippen LogP contribution < -0.4 is 19.5 Å². The van der Waals surface area contributed by atoms with Crippen molar-refractivity contribution in [3.63, 3.8) is 0 Å². The Bertz CT molecular complexity index is 969. The van der Waals surface area contributed by atoms with E-state index in [0.717, 1.165) is 5.56 Å². The molecule has 2 N–H and O–H groups in total. The van der Waals surface area contributed by atoms with Gasteiger partial charge >= 0.3 is 0 Å². The van der Waals surface area contributed by atoms with Crippen LogP contribution in [0.4, 0.5) is 0 Å². The number of carbonyl (C=O) groups excluding carboxylic acids is 1. The molecule has 0 saturated heterocycles. The minimum atomic E-state index is -3.49. The molecule has 1 amide bonds. The summed E-state index contributed by atoms with van der Waals surface area (Å²) in [5.74, 6) is 1.02. The summed E-state index contributed by atoms with van der Waals surface area (Å²) in [6.07, 6.45) is 3.03. The molecule has 0 aliphatic rings. The van der Waals surface area contributed by atoms with Gasteiger partial charge in [0, 0.05) is 24.3 Å². The Kier molecular flexibility index (Phi) is 7.81. The Morgan fingerprint density at radius 2 is 1.79 bits per heavy atom. The highest BCUT2D eigenvalue weighted by Gasteiger charge is 2.14. The molecule has 0 heterocycles. The Balaban J connectivity index is 2.04. The van der Waals surface area contributed by atoms with Gasteiger partial charge in [-0.05, 0) is 42.8 Å². The third kappa shape index (κ3) is 6.07. The third-order valence-electron chi connectivity index (χ3n) is 4.22. The number of benzene rings is 2. The van der Waals surface area contributed by atoms with Crippen molar-refractivity contribution < 1.29 is 22.7 Å². The van der Waals surface area contributed by atoms with E-state index in [0.29, 0.717) is 23.6 Å². The maximum Gasteiger partial charge on any atom is 0.244 e. The predicted molar refractivity (Wildman–Crippen MR) is 112 cm³/mol. The first-order valence-corrected chi connectivity index (χ1v) is 10.6. The maximum atomic E-state index is 12.3. The van der Waals surface area contributed by atoms with Gasteiger partial charge in [0.1, 0.15) is 11.5 Å². The molecule has 7 nitrogen and oxygen atoms in total. The number of nitrogens with one attached hydrogen (secondary N) is 2. The third-order valence-corrected chi connectivity index (χ3v) is 5.78. The van der Waals surface area contributed by atoms with Gasteiger partial charge in [0.05, 0.1) is 25.2 Å². The molecule has 29 heavy (non-hydrogen) atoms. The van der Waals surface area contributed by atoms with E-state index in [1.54, 1.807) is 51.5 Å². The van der Waals surface area contributed by atoms with Crippen LogP contribution in [0.3, 0.4) is 0 Å². The molecule has 8 heteroatoms. The van der Waals surface area contributed by atoms with Gasteiger partial charge in [0.25, 0.3) is 0 Å². The van der Waals surface area contributed by atoms with Crippen LogP contribution in [0.25, 0.3) is 6.08 Å². The Morgan fingerprint density at radius 3 is 2.38 bits per heavy atom. The molecule has 2 aromatic carbocycles. The Labute approximate surface area is 171 Å². The molecule has 0 radical (unpaired) electrons. The van der Waals surface area contributed by atoms with Gasteiger partial charge in [-0.15, -0.1) is 0 Å². The average Bonchev–Trinajstić information content (AvgIpc) is 2.71. The molecule has 156 valence electrons. The number of sulfonamides is 1. The van der Waals surface area contributed by atoms with Crippen molar-refractivity contribution in [2.75, 3.05) is 20.8 Å². The molecule has 0 aliphatic carbocycles. The zero-order chi connectivity index (χ0) is 21.4. The number of carbonyl (C=O) groups is 1. The van der Waals surface area contributed by atoms with Crippen LogP contribution in [0.5, 0.6) is 11.5 Å². The fourth-order valence-electron chi connectivity index (χ4n) is 2.72. The lowest BCUT2D eigenvalue weighted by atomic mass is 10.1. The minimum Gasteiger partial charge on any atom is -0.497 e. The second-order valence-electron chi connectivity index (χ2n) is 6.24. The molecule has 2 rings (SSSR count). The first kappa shape index (κ1) is 22.4. The zero-order valence-electron chi connectivity index (χ0n) is 16.9. The molecule has 0 spiro atoms. The summed E-state index contributed by atoms with van der Waals surface area (Å²) in [6.45, 7) is 3.90. The summed E-state index contributed by atoms with van der Waals surface area (Å²) in [6, 6.07) is 11.4. The summed E-state index contributed by atoms with van der Waals surface area (Å²) in [7, 11) is -0.353. The summed E-state index contributed by atoms with van der Waals surface area (Å²) >= 11 is 0. The topological polar surface area (TPSA) is 93.7 Å². The van der Waals surface area contributed by atoms with Crippen LogP contribution >= 0.6 is 0 Å². The van der Waals surface area contributed by atoms with E-state index in [-0.39, 0.29) is 16.8 Å². The highest BCUT2D eigenvalue weighted by molar-refractivity contribution is 7.89. The van der Waals surface area contributed by atoms with Crippen molar-refractivity contribution in [1.29, 1.82) is 0 Å². The van der Waals surface area contributed by atoms with Gasteiger partial charge in [-0.3, -0.25) is 4.79 Å². The lowest BCUT2D eigenvalue weighted by Gasteiger charge is -2.17. The largest absolute Gasteiger partial charge is 0.497 e. The molecule has 0 aliphatic heterocycles. The highest BCUT2D eigenvalue weighted by Crippen LogP contribution is 2.29. The Morgan fingerprint density at radius 1 is 1.10 bits per heavy atom. The highest BCUT2D eigenvalue weighted by atomic mass is 32.2. The van der Waals surface area contributed by atoms with E-state index in [4.69, 9.17) is 9.47 Å². The number of methoxy groups -OCH3 is 2. The Hall–Kier alpha value is -2.84. The number of amides is 1. The van der Waals surface area contributed by atoms with E-state index in [2.05, 4.69) is 10.0 Å². The second kappa shape index (κ2) is 10.1. The average molecular weight is 419 g/mol. The molecular formula is C21H26N2O5S. The van der Waals surface area contributed by atoms with Gasteiger partial charge in [0.2, 0.25) is 15.9 Å². The van der Waals surface area contributed by atoms with Crippen LogP contribution in [0.1, 0.15) is 31.0 Å². The van der Waals surface area contributed by atoms with E-state index in [1.165, 1.54) is 18.2 Å². The first-order valence-electron chi connectivity index (χ1n) is 9.11. The van der Waals surface area contributed by atoms with Crippen LogP contribution in [-0.2, 0) is 14.8 Å². The predicted octanol–water partition coefficient (Wildman–Crippen LogP) is 2.89. The zero-order valence-corrected chi connectivity index (χ0v) is 17.7. The van der Waals surface area contributed by atoms with Gasteiger partial charge < -0.3 is 14.8 Å². The van der Waals surface area contributed by atoms with Crippen molar-refractivity contribution in [2.24, 2.45) is 0 Å². The van der Waals surface area contributed by atoms with E-state index in [1.807, 2.05) is 13.0 Å². The van der Waals surface area contributed by atoms with Crippen molar-refractivity contribution in [3.05, 3.63) is 59.7 Å². The molecule has 0 fully saturated rings. The quantitative estimate of drug-likeness (QED) is 0.611. The number of hydrogen-bond acceptors (Lipinski definition) is 5. The minimum absolute atomic E-state index is 0.182. The van der Waals surface area contributed by atoms with Gasteiger partial charge in [-0.1, -0.05) is 19.1 Å². The fourth-order valence-corrected chi connectivity index (χ4v) is 3.76. The maximum absolute atomic E-state index is 12.3. The normalized spacial score (nSPS) is 12.6. The van der Waals surface area contributed by atoms with Crippen molar-refractivity contribution in [3.8, 4) is 11.5 Å². The smallest absolute Gasteiger partial charge is 0.244 e. The number of ether oxygens (including phenoxy) is 2. The van der Waals surface area contributed by atoms with Crippen LogP contribution in [0.2, 0.25) is 0 Å². The summed E-state index contributed by atoms with van der Waals surface area (Å²) in [5.41, 5.74) is 1.54. The second-order valence-corrected chi connectivity index (χ2v) is 8.01. The monoisotopic (exact) mass is 418 g/mol. The number of hydrogen-bond donors (Lipinski definition) is 2. The summed E-state index contributed by atoms with van der Waals surface area (Å²) in [5, 5.41) is 2.88. The molecular weight excluding hydrogens is 392 g/mol. The lowest BCUT2D eigenvalue weighted by molar-refractivity contribution is -0.117. The SMILES string of the molecule is CCNS(=O)(=O)c1ccc(/C=C/C(=O)NC(C)c2ccc(OC)cc2OC)cc1. The number of rotatable bonds is 9. The van der Waals surface area contributed by atoms with E-state index < -0.39 is 10.0 Å². The van der Waals surface area contributed by atoms with Crippen LogP contribution in [0, 0.1) is 0 Å². The molecule has 1 unspecified atom stereocenters. The standard InChI is InChI=1S/C21H26N2O5S/c1-5-22-29(25,26)18-10-6-16(7-11-18)8-13-21(24)23-15(2)19-12-9-17(27-3)14-20(19)28-4/h6-15,22H,5H2,1-4H3,(H,23,24)/b13-8+. The van der Waals surface area contributed by atoms with Crippen molar-refractivity contribution in [2.45, 2.75) is 24.8 Å². The van der Waals surface area contributed by atoms with E-state index in [9.17, 15) is 13.2 Å². The fraction of sp³-hybridized carbons (Fsp3) is 0.286. The van der Waals surface area contributed by atoms with Crippen molar-refractivity contribution in [1.82, 2.24) is 10.0 Å². The summed E-state index contributed by atoms with van der Waals surface area (Å²) in [4.78, 5) is 12.4. The molecule has 1 atom stereocenters. The van der Waals surface area contributed by atoms with Crippen LogP contribution in [0.15, 0.2) is 53.4 Å². The van der Waals surface area contributed by atoms with Gasteiger partial charge in [-0.2, -0.15) is 0 Å². The first-order chi connectivity index (χ1) is 13.8. The summed E-state index contributed by atoms with van der Waals surface area (Å²) < 4.78 is 36.9. The molecule has 0 aromatic heterocycles. The molecule has 2 aromatic rings. The molecule has 0 saturated carbocycles. The van der Waals surface area contributed by atoms with Crippen LogP contribution in [-0.4, -0.2) is 35.1 Å². The van der Waals surface area contributed by atoms with Gasteiger partial charge in [-0.25, -0.2) is 13.1 Å². The molecule has 0 bridgehead atoms.